The van der Waals surface area contributed by atoms with Crippen molar-refractivity contribution in [1.29, 1.82) is 0 Å². The number of nitrogens with two attached hydrogens (primary N) is 1. The largest absolute Gasteiger partial charge is 0.504 e. The molecule has 0 bridgehead atoms. The molecule has 0 spiro atoms. The van der Waals surface area contributed by atoms with Gasteiger partial charge in [0.15, 0.2) is 46.8 Å². The van der Waals surface area contributed by atoms with E-state index in [4.69, 9.17) is 10.2 Å². The molecule has 9 aromatic heterocycles. The number of aromatic amines is 1. The summed E-state index contributed by atoms with van der Waals surface area (Å²) in [6.45, 7) is 15.3. The smallest absolute Gasteiger partial charge is 0.417 e. The van der Waals surface area contributed by atoms with E-state index in [-0.39, 0.29) is 85.0 Å². The lowest BCUT2D eigenvalue weighted by atomic mass is 10.1. The first-order chi connectivity index (χ1) is 32.2. The third-order valence-corrected chi connectivity index (χ3v) is 10.6. The van der Waals surface area contributed by atoms with Crippen LogP contribution in [0.5, 0.6) is 17.2 Å². The zero-order chi connectivity index (χ0) is 49.9. The number of hydrogen-bond acceptors (Lipinski definition) is 16. The molecule has 22 heteroatoms. The maximum absolute atomic E-state index is 12.2. The van der Waals surface area contributed by atoms with Crippen LogP contribution in [0.25, 0.3) is 33.7 Å². The van der Waals surface area contributed by atoms with Gasteiger partial charge in [0.25, 0.3) is 27.2 Å². The molecule has 0 aliphatic carbocycles. The Bertz CT molecular complexity index is 3680. The minimum absolute atomic E-state index is 0.0183. The standard InChI is InChI=1S/C12H13N3O4.C12H11N3O3.C11H13N3O2.C11H12N2O2/c1-7(2)8-6-13-11-10(16)9(15(18)19-3)4-5-14(11)12(8)17;1-6(2)7-5-13-10-9-8(14-12(17)18-9)3-4-15(10)11(7)16;1-6(2)7-5-13-10-9(15)8(12)3-4-14(10)11(7)16;1-7(2)8-6-12-10-9(14)4-3-5-13(10)11(8)15/h4-7H,1-3H3;3-6H,1-2H3,(H,14,17);3-6,15H,12H2,1-2H3;3-7,14H,1-2H3/p+1. The summed E-state index contributed by atoms with van der Waals surface area (Å²) in [6, 6.07) is 7.54. The monoisotopic (exact) mass is 932 g/mol. The number of aromatic nitrogens is 9. The number of nitrogens with one attached hydrogen (secondary N) is 1. The van der Waals surface area contributed by atoms with Gasteiger partial charge in [-0.25, -0.2) is 29.6 Å². The molecule has 0 aromatic carbocycles. The van der Waals surface area contributed by atoms with Gasteiger partial charge in [-0.2, -0.15) is 0 Å². The average molecular weight is 933 g/mol. The first kappa shape index (κ1) is 48.8. The van der Waals surface area contributed by atoms with Gasteiger partial charge in [0.05, 0.1) is 16.1 Å². The molecule has 0 radical (unpaired) electrons. The maximum Gasteiger partial charge on any atom is 0.417 e. The molecule has 0 aliphatic rings. The Morgan fingerprint density at radius 3 is 1.49 bits per heavy atom. The highest BCUT2D eigenvalue weighted by Crippen LogP contribution is 2.29. The van der Waals surface area contributed by atoms with E-state index in [1.807, 2.05) is 55.4 Å². The van der Waals surface area contributed by atoms with Crippen LogP contribution in [0.4, 0.5) is 11.4 Å². The number of rotatable bonds is 6. The summed E-state index contributed by atoms with van der Waals surface area (Å²) >= 11 is 0. The molecule has 0 aliphatic heterocycles. The van der Waals surface area contributed by atoms with Crippen LogP contribution in [0.15, 0.2) is 108 Å². The van der Waals surface area contributed by atoms with E-state index in [2.05, 4.69) is 29.8 Å². The van der Waals surface area contributed by atoms with Crippen LogP contribution < -0.4 is 33.7 Å². The second-order valence-electron chi connectivity index (χ2n) is 16.5. The quantitative estimate of drug-likeness (QED) is 0.131. The van der Waals surface area contributed by atoms with E-state index < -0.39 is 11.5 Å². The highest BCUT2D eigenvalue weighted by molar-refractivity contribution is 5.85. The predicted molar refractivity (Wildman–Crippen MR) is 252 cm³/mol. The fraction of sp³-hybridized carbons (Fsp3) is 0.283. The van der Waals surface area contributed by atoms with Crippen molar-refractivity contribution in [3.05, 3.63) is 159 Å². The lowest BCUT2D eigenvalue weighted by Gasteiger charge is -2.08. The second-order valence-corrected chi connectivity index (χ2v) is 16.5. The molecule has 0 saturated carbocycles. The second kappa shape index (κ2) is 19.8. The number of H-pyrrole nitrogens is 1. The van der Waals surface area contributed by atoms with Gasteiger partial charge in [-0.15, -0.1) is 0 Å². The van der Waals surface area contributed by atoms with Crippen molar-refractivity contribution < 1.29 is 29.5 Å². The van der Waals surface area contributed by atoms with Gasteiger partial charge in [-0.3, -0.25) is 41.8 Å². The SMILES string of the molecule is CC(C)c1cnc2c(O)c(N)ccn2c1=O.CC(C)c1cnc2c(O)cccn2c1=O.CC(C)c1cnc2c3oc(=O)[nH]c3ccn2c1=O.CO[N+](=O)c1ccn2c(=O)c(C(C)C)cnc2c1O. The zero-order valence-electron chi connectivity index (χ0n) is 38.5. The van der Waals surface area contributed by atoms with Crippen molar-refractivity contribution in [2.24, 2.45) is 0 Å². The van der Waals surface area contributed by atoms with Crippen molar-refractivity contribution in [2.45, 2.75) is 79.1 Å². The number of aromatic hydroxyl groups is 3. The van der Waals surface area contributed by atoms with Crippen LogP contribution in [-0.4, -0.2) is 69.9 Å². The van der Waals surface area contributed by atoms with Crippen LogP contribution in [0, 0.1) is 4.91 Å². The molecule has 0 atom stereocenters. The molecule has 0 amide bonds. The fourth-order valence-corrected chi connectivity index (χ4v) is 6.79. The molecule has 68 heavy (non-hydrogen) atoms. The summed E-state index contributed by atoms with van der Waals surface area (Å²) in [5.74, 6) is -0.753. The summed E-state index contributed by atoms with van der Waals surface area (Å²) in [7, 11) is 1.18. The number of anilines is 1. The van der Waals surface area contributed by atoms with Gasteiger partial charge in [0.2, 0.25) is 5.75 Å². The van der Waals surface area contributed by atoms with Crippen molar-refractivity contribution >= 4 is 45.1 Å². The number of nitrogen functional groups attached to an aromatic ring is 1. The molecule has 0 unspecified atom stereocenters. The highest BCUT2D eigenvalue weighted by Gasteiger charge is 2.25. The van der Waals surface area contributed by atoms with Gasteiger partial charge in [-0.05, 0) is 47.9 Å². The Labute approximate surface area is 384 Å². The highest BCUT2D eigenvalue weighted by atomic mass is 16.8. The molecular formula is C46H50N11O11+. The maximum atomic E-state index is 12.2. The molecule has 0 fully saturated rings. The van der Waals surface area contributed by atoms with E-state index >= 15 is 0 Å². The number of hydrogen-bond donors (Lipinski definition) is 5. The van der Waals surface area contributed by atoms with Crippen molar-refractivity contribution in [1.82, 2.24) is 42.5 Å². The van der Waals surface area contributed by atoms with Crippen molar-refractivity contribution in [3.8, 4) is 17.2 Å². The summed E-state index contributed by atoms with van der Waals surface area (Å²) in [5.41, 5.74) is 9.06. The predicted octanol–water partition coefficient (Wildman–Crippen LogP) is 5.38. The Balaban J connectivity index is 0.000000150. The lowest BCUT2D eigenvalue weighted by molar-refractivity contribution is -0.736. The fourth-order valence-electron chi connectivity index (χ4n) is 6.79. The van der Waals surface area contributed by atoms with Crippen molar-refractivity contribution in [2.75, 3.05) is 12.8 Å². The first-order valence-electron chi connectivity index (χ1n) is 21.1. The number of nitrogens with zero attached hydrogens (tertiary/aromatic N) is 9. The van der Waals surface area contributed by atoms with E-state index in [1.165, 1.54) is 80.1 Å². The minimum Gasteiger partial charge on any atom is -0.504 e. The third-order valence-electron chi connectivity index (χ3n) is 10.6. The Hall–Kier alpha value is -8.69. The van der Waals surface area contributed by atoms with Gasteiger partial charge < -0.3 is 25.5 Å². The molecule has 9 rings (SSSR count). The number of oxazole rings is 1. The molecule has 6 N–H and O–H groups in total. The Morgan fingerprint density at radius 2 is 1.00 bits per heavy atom. The molecular weight excluding hydrogens is 883 g/mol. The van der Waals surface area contributed by atoms with E-state index in [0.29, 0.717) is 44.6 Å². The van der Waals surface area contributed by atoms with Crippen LogP contribution in [-0.2, 0) is 4.84 Å². The number of pyridine rings is 4. The van der Waals surface area contributed by atoms with E-state index in [1.54, 1.807) is 24.5 Å². The summed E-state index contributed by atoms with van der Waals surface area (Å²) in [4.78, 5) is 94.3. The van der Waals surface area contributed by atoms with Crippen LogP contribution in [0.3, 0.4) is 0 Å². The van der Waals surface area contributed by atoms with Gasteiger partial charge in [-0.1, -0.05) is 55.4 Å². The normalized spacial score (nSPS) is 11.2. The molecule has 9 heterocycles. The Morgan fingerprint density at radius 1 is 0.588 bits per heavy atom. The van der Waals surface area contributed by atoms with Gasteiger partial charge >= 0.3 is 11.4 Å². The van der Waals surface area contributed by atoms with Crippen LogP contribution in [0.2, 0.25) is 0 Å². The van der Waals surface area contributed by atoms with Gasteiger partial charge in [0, 0.05) is 77.9 Å². The summed E-state index contributed by atoms with van der Waals surface area (Å²) < 4.78 is 10.3. The van der Waals surface area contributed by atoms with Gasteiger partial charge in [0.1, 0.15) is 0 Å². The van der Waals surface area contributed by atoms with Crippen LogP contribution in [0.1, 0.15) is 101 Å². The van der Waals surface area contributed by atoms with E-state index in [9.17, 15) is 44.2 Å². The third kappa shape index (κ3) is 9.50. The Kier molecular flexibility index (Phi) is 14.2. The molecule has 0 saturated heterocycles. The molecule has 9 aromatic rings. The topological polar surface area (TPSA) is 299 Å². The number of fused-ring (bicyclic) bond motifs is 6. The van der Waals surface area contributed by atoms with Crippen molar-refractivity contribution in [3.63, 3.8) is 0 Å². The minimum atomic E-state index is -0.555. The molecule has 354 valence electrons. The molecule has 22 nitrogen and oxygen atoms in total. The summed E-state index contributed by atoms with van der Waals surface area (Å²) in [6.07, 6.45) is 12.1. The first-order valence-corrected chi connectivity index (χ1v) is 21.1. The zero-order valence-corrected chi connectivity index (χ0v) is 38.5. The summed E-state index contributed by atoms with van der Waals surface area (Å²) in [5, 5.41) is 29.1. The average Bonchev–Trinajstić information content (AvgIpc) is 3.69. The van der Waals surface area contributed by atoms with Crippen LogP contribution >= 0.6 is 0 Å². The van der Waals surface area contributed by atoms with E-state index in [0.717, 1.165) is 0 Å². The lowest BCUT2D eigenvalue weighted by Crippen LogP contribution is -2.20.